The van der Waals surface area contributed by atoms with Crippen LogP contribution >= 0.6 is 0 Å². The van der Waals surface area contributed by atoms with E-state index in [0.717, 1.165) is 18.4 Å². The second-order valence-corrected chi connectivity index (χ2v) is 2.91. The maximum absolute atomic E-state index is 13.2. The summed E-state index contributed by atoms with van der Waals surface area (Å²) in [6.07, 6.45) is 4.90. The van der Waals surface area contributed by atoms with Crippen molar-refractivity contribution < 1.29 is 4.39 Å². The maximum Gasteiger partial charge on any atom is 0.144 e. The van der Waals surface area contributed by atoms with E-state index in [0.29, 0.717) is 5.92 Å². The molecule has 0 aliphatic carbocycles. The number of rotatable bonds is 3. The largest absolute Gasteiger partial charge is 0.262 e. The summed E-state index contributed by atoms with van der Waals surface area (Å²) in [5.41, 5.74) is 0.801. The molecule has 0 N–H and O–H groups in total. The van der Waals surface area contributed by atoms with Crippen LogP contribution in [0.2, 0.25) is 0 Å². The van der Waals surface area contributed by atoms with Gasteiger partial charge in [0.25, 0.3) is 0 Å². The molecule has 1 heterocycles. The highest BCUT2D eigenvalue weighted by molar-refractivity contribution is 5.17. The first kappa shape index (κ1) is 9.17. The number of aromatic nitrogens is 1. The molecule has 0 aromatic carbocycles. The molecule has 1 aromatic rings. The standard InChI is InChI=1S/C10H14FN/c1-3-8(4-2)9-5-6-12-7-10(9)11/h5-8H,3-4H2,1-2H3. The zero-order valence-corrected chi connectivity index (χ0v) is 7.55. The summed E-state index contributed by atoms with van der Waals surface area (Å²) < 4.78 is 13.2. The second kappa shape index (κ2) is 4.19. The van der Waals surface area contributed by atoms with Crippen molar-refractivity contribution in [1.82, 2.24) is 4.98 Å². The molecular formula is C10H14FN. The van der Waals surface area contributed by atoms with Crippen molar-refractivity contribution in [3.05, 3.63) is 29.8 Å². The second-order valence-electron chi connectivity index (χ2n) is 2.91. The van der Waals surface area contributed by atoms with Gasteiger partial charge in [0.2, 0.25) is 0 Å². The van der Waals surface area contributed by atoms with Crippen LogP contribution < -0.4 is 0 Å². The van der Waals surface area contributed by atoms with Crippen molar-refractivity contribution in [2.75, 3.05) is 0 Å². The molecule has 12 heavy (non-hydrogen) atoms. The normalized spacial score (nSPS) is 10.7. The van der Waals surface area contributed by atoms with Gasteiger partial charge in [-0.3, -0.25) is 4.98 Å². The van der Waals surface area contributed by atoms with E-state index in [2.05, 4.69) is 18.8 Å². The van der Waals surface area contributed by atoms with Gasteiger partial charge in [0.05, 0.1) is 6.20 Å². The first-order chi connectivity index (χ1) is 5.79. The van der Waals surface area contributed by atoms with Crippen molar-refractivity contribution in [2.45, 2.75) is 32.6 Å². The summed E-state index contributed by atoms with van der Waals surface area (Å²) in [6, 6.07) is 1.77. The Kier molecular flexibility index (Phi) is 3.20. The molecule has 1 aromatic heterocycles. The SMILES string of the molecule is CCC(CC)c1ccncc1F. The van der Waals surface area contributed by atoms with Crippen LogP contribution in [0.3, 0.4) is 0 Å². The van der Waals surface area contributed by atoms with Crippen LogP contribution in [0, 0.1) is 5.82 Å². The van der Waals surface area contributed by atoms with Crippen LogP contribution in [0.5, 0.6) is 0 Å². The molecule has 1 nitrogen and oxygen atoms in total. The highest BCUT2D eigenvalue weighted by atomic mass is 19.1. The summed E-state index contributed by atoms with van der Waals surface area (Å²) in [7, 11) is 0. The molecule has 0 aliphatic rings. The third kappa shape index (κ3) is 1.81. The van der Waals surface area contributed by atoms with Crippen molar-refractivity contribution in [1.29, 1.82) is 0 Å². The van der Waals surface area contributed by atoms with Crippen LogP contribution in [0.1, 0.15) is 38.2 Å². The number of pyridine rings is 1. The van der Waals surface area contributed by atoms with Crippen molar-refractivity contribution in [2.24, 2.45) is 0 Å². The molecule has 66 valence electrons. The Hall–Kier alpha value is -0.920. The third-order valence-corrected chi connectivity index (χ3v) is 2.23. The molecule has 0 amide bonds. The Bertz CT molecular complexity index is 243. The number of hydrogen-bond acceptors (Lipinski definition) is 1. The Morgan fingerprint density at radius 1 is 1.42 bits per heavy atom. The van der Waals surface area contributed by atoms with Gasteiger partial charge in [-0.05, 0) is 30.4 Å². The highest BCUT2D eigenvalue weighted by Crippen LogP contribution is 2.24. The lowest BCUT2D eigenvalue weighted by atomic mass is 9.95. The number of halogens is 1. The predicted molar refractivity (Wildman–Crippen MR) is 47.5 cm³/mol. The first-order valence-electron chi connectivity index (χ1n) is 4.39. The number of nitrogens with zero attached hydrogens (tertiary/aromatic N) is 1. The Balaban J connectivity index is 2.92. The van der Waals surface area contributed by atoms with Gasteiger partial charge in [-0.25, -0.2) is 4.39 Å². The summed E-state index contributed by atoms with van der Waals surface area (Å²) in [4.78, 5) is 3.72. The van der Waals surface area contributed by atoms with E-state index in [9.17, 15) is 4.39 Å². The summed E-state index contributed by atoms with van der Waals surface area (Å²) in [5.74, 6) is 0.166. The summed E-state index contributed by atoms with van der Waals surface area (Å²) in [5, 5.41) is 0. The first-order valence-corrected chi connectivity index (χ1v) is 4.39. The van der Waals surface area contributed by atoms with Crippen LogP contribution in [0.15, 0.2) is 18.5 Å². The zero-order valence-electron chi connectivity index (χ0n) is 7.55. The minimum absolute atomic E-state index is 0.175. The third-order valence-electron chi connectivity index (χ3n) is 2.23. The lowest BCUT2D eigenvalue weighted by Gasteiger charge is -2.12. The number of hydrogen-bond donors (Lipinski definition) is 0. The van der Waals surface area contributed by atoms with Gasteiger partial charge in [-0.1, -0.05) is 13.8 Å². The maximum atomic E-state index is 13.2. The molecule has 1 rings (SSSR count). The Labute approximate surface area is 72.6 Å². The van der Waals surface area contributed by atoms with Crippen molar-refractivity contribution in [3.8, 4) is 0 Å². The molecule has 0 radical (unpaired) electrons. The minimum Gasteiger partial charge on any atom is -0.262 e. The average Bonchev–Trinajstić information content (AvgIpc) is 2.10. The van der Waals surface area contributed by atoms with Crippen molar-refractivity contribution in [3.63, 3.8) is 0 Å². The topological polar surface area (TPSA) is 12.9 Å². The van der Waals surface area contributed by atoms with E-state index in [-0.39, 0.29) is 5.82 Å². The fraction of sp³-hybridized carbons (Fsp3) is 0.500. The van der Waals surface area contributed by atoms with Gasteiger partial charge in [-0.2, -0.15) is 0 Å². The van der Waals surface area contributed by atoms with E-state index in [4.69, 9.17) is 0 Å². The van der Waals surface area contributed by atoms with E-state index < -0.39 is 0 Å². The van der Waals surface area contributed by atoms with E-state index in [1.807, 2.05) is 0 Å². The van der Waals surface area contributed by atoms with Gasteiger partial charge >= 0.3 is 0 Å². The molecule has 0 bridgehead atoms. The predicted octanol–water partition coefficient (Wildman–Crippen LogP) is 3.12. The van der Waals surface area contributed by atoms with Crippen LogP contribution in [-0.4, -0.2) is 4.98 Å². The fourth-order valence-electron chi connectivity index (χ4n) is 1.45. The van der Waals surface area contributed by atoms with Gasteiger partial charge in [0, 0.05) is 6.20 Å². The molecule has 0 saturated heterocycles. The van der Waals surface area contributed by atoms with Crippen LogP contribution in [0.25, 0.3) is 0 Å². The monoisotopic (exact) mass is 167 g/mol. The fourth-order valence-corrected chi connectivity index (χ4v) is 1.45. The average molecular weight is 167 g/mol. The Morgan fingerprint density at radius 3 is 2.58 bits per heavy atom. The Morgan fingerprint density at radius 2 is 2.08 bits per heavy atom. The minimum atomic E-state index is -0.175. The molecule has 0 unspecified atom stereocenters. The molecule has 0 aliphatic heterocycles. The molecule has 0 spiro atoms. The van der Waals surface area contributed by atoms with Gasteiger partial charge in [0.1, 0.15) is 5.82 Å². The lowest BCUT2D eigenvalue weighted by molar-refractivity contribution is 0.553. The summed E-state index contributed by atoms with van der Waals surface area (Å²) in [6.45, 7) is 4.15. The quantitative estimate of drug-likeness (QED) is 0.674. The van der Waals surface area contributed by atoms with Crippen molar-refractivity contribution >= 4 is 0 Å². The van der Waals surface area contributed by atoms with Crippen LogP contribution in [-0.2, 0) is 0 Å². The molecule has 0 saturated carbocycles. The van der Waals surface area contributed by atoms with E-state index in [1.165, 1.54) is 6.20 Å². The summed E-state index contributed by atoms with van der Waals surface area (Å²) >= 11 is 0. The van der Waals surface area contributed by atoms with Gasteiger partial charge in [-0.15, -0.1) is 0 Å². The molecule has 0 fully saturated rings. The van der Waals surface area contributed by atoms with Gasteiger partial charge in [0.15, 0.2) is 0 Å². The van der Waals surface area contributed by atoms with Crippen LogP contribution in [0.4, 0.5) is 4.39 Å². The van der Waals surface area contributed by atoms with E-state index >= 15 is 0 Å². The molecule has 0 atom stereocenters. The van der Waals surface area contributed by atoms with Gasteiger partial charge < -0.3 is 0 Å². The molecule has 2 heteroatoms. The lowest BCUT2D eigenvalue weighted by Crippen LogP contribution is -1.99. The smallest absolute Gasteiger partial charge is 0.144 e. The highest BCUT2D eigenvalue weighted by Gasteiger charge is 2.10. The zero-order chi connectivity index (χ0) is 8.97. The van der Waals surface area contributed by atoms with E-state index in [1.54, 1.807) is 12.3 Å². The molecular weight excluding hydrogens is 153 g/mol.